The first-order valence-corrected chi connectivity index (χ1v) is 8.56. The molecule has 0 radical (unpaired) electrons. The molecule has 4 heterocycles. The van der Waals surface area contributed by atoms with E-state index in [9.17, 15) is 10.2 Å². The molecule has 1 fully saturated rings. The quantitative estimate of drug-likeness (QED) is 0.623. The van der Waals surface area contributed by atoms with Crippen molar-refractivity contribution >= 4 is 17.0 Å². The molecule has 0 atom stereocenters. The summed E-state index contributed by atoms with van der Waals surface area (Å²) < 4.78 is 0. The summed E-state index contributed by atoms with van der Waals surface area (Å²) in [6, 6.07) is 0. The first-order valence-electron chi connectivity index (χ1n) is 8.56. The van der Waals surface area contributed by atoms with Crippen LogP contribution in [0.4, 0.5) is 5.82 Å². The van der Waals surface area contributed by atoms with Crippen molar-refractivity contribution in [2.75, 3.05) is 31.1 Å². The van der Waals surface area contributed by atoms with Crippen LogP contribution in [0.2, 0.25) is 0 Å². The molecular weight excluding hydrogens is 334 g/mol. The molecule has 26 heavy (non-hydrogen) atoms. The Morgan fingerprint density at radius 2 is 1.92 bits per heavy atom. The predicted molar refractivity (Wildman–Crippen MR) is 95.7 cm³/mol. The highest BCUT2D eigenvalue weighted by Gasteiger charge is 2.22. The van der Waals surface area contributed by atoms with Gasteiger partial charge in [0.25, 0.3) is 0 Å². The summed E-state index contributed by atoms with van der Waals surface area (Å²) in [6.07, 6.45) is 4.80. The second-order valence-corrected chi connectivity index (χ2v) is 6.42. The van der Waals surface area contributed by atoms with Crippen LogP contribution in [0.25, 0.3) is 11.2 Å². The number of fused-ring (bicyclic) bond motifs is 1. The number of aromatic hydroxyl groups is 1. The van der Waals surface area contributed by atoms with Crippen molar-refractivity contribution in [1.82, 2.24) is 29.8 Å². The monoisotopic (exact) mass is 355 g/mol. The SMILES string of the molecule is Cc1ncc(CO)c(CN2CCN(c3ncnc4nc[nH]c34)CC2)c1O. The Hall–Kier alpha value is -2.78. The lowest BCUT2D eigenvalue weighted by molar-refractivity contribution is 0.238. The molecule has 3 N–H and O–H groups in total. The molecule has 1 aliphatic heterocycles. The van der Waals surface area contributed by atoms with Crippen LogP contribution in [0.3, 0.4) is 0 Å². The first-order chi connectivity index (χ1) is 12.7. The third kappa shape index (κ3) is 2.95. The minimum atomic E-state index is -0.130. The highest BCUT2D eigenvalue weighted by atomic mass is 16.3. The van der Waals surface area contributed by atoms with Gasteiger partial charge in [0, 0.05) is 50.0 Å². The van der Waals surface area contributed by atoms with E-state index in [2.05, 4.69) is 34.7 Å². The van der Waals surface area contributed by atoms with Crippen molar-refractivity contribution in [2.45, 2.75) is 20.1 Å². The number of aryl methyl sites for hydroxylation is 1. The van der Waals surface area contributed by atoms with Gasteiger partial charge < -0.3 is 20.1 Å². The molecule has 9 heteroatoms. The molecule has 0 saturated carbocycles. The van der Waals surface area contributed by atoms with E-state index >= 15 is 0 Å². The minimum absolute atomic E-state index is 0.130. The van der Waals surface area contributed by atoms with Gasteiger partial charge in [-0.25, -0.2) is 15.0 Å². The molecule has 9 nitrogen and oxygen atoms in total. The maximum Gasteiger partial charge on any atom is 0.182 e. The molecule has 3 aromatic rings. The van der Waals surface area contributed by atoms with Gasteiger partial charge in [-0.2, -0.15) is 0 Å². The van der Waals surface area contributed by atoms with Gasteiger partial charge in [0.2, 0.25) is 0 Å². The second kappa shape index (κ2) is 6.85. The lowest BCUT2D eigenvalue weighted by atomic mass is 10.1. The number of pyridine rings is 1. The minimum Gasteiger partial charge on any atom is -0.506 e. The fraction of sp³-hybridized carbons (Fsp3) is 0.412. The molecule has 0 amide bonds. The summed E-state index contributed by atoms with van der Waals surface area (Å²) in [7, 11) is 0. The van der Waals surface area contributed by atoms with Crippen LogP contribution in [-0.2, 0) is 13.2 Å². The molecule has 0 spiro atoms. The van der Waals surface area contributed by atoms with Crippen LogP contribution in [0.5, 0.6) is 5.75 Å². The van der Waals surface area contributed by atoms with E-state index in [0.717, 1.165) is 43.1 Å². The highest BCUT2D eigenvalue weighted by molar-refractivity contribution is 5.82. The number of hydrogen-bond donors (Lipinski definition) is 3. The van der Waals surface area contributed by atoms with Crippen LogP contribution < -0.4 is 4.90 Å². The Morgan fingerprint density at radius 1 is 1.12 bits per heavy atom. The normalized spacial score (nSPS) is 15.7. The number of aliphatic hydroxyl groups excluding tert-OH is 1. The van der Waals surface area contributed by atoms with Crippen LogP contribution in [0.15, 0.2) is 18.9 Å². The third-order valence-corrected chi connectivity index (χ3v) is 4.86. The molecule has 0 bridgehead atoms. The standard InChI is InChI=1S/C17H21N7O2/c1-11-15(26)13(12(8-25)6-18-11)7-23-2-4-24(5-3-23)17-14-16(20-9-19-14)21-10-22-17/h6,9-10,25-26H,2-5,7-8H2,1H3,(H,19,20,21,22). The van der Waals surface area contributed by atoms with Crippen molar-refractivity contribution in [3.05, 3.63) is 35.7 Å². The van der Waals surface area contributed by atoms with E-state index in [-0.39, 0.29) is 12.4 Å². The second-order valence-electron chi connectivity index (χ2n) is 6.42. The Bertz CT molecular complexity index is 919. The van der Waals surface area contributed by atoms with E-state index in [1.807, 2.05) is 0 Å². The molecule has 3 aromatic heterocycles. The van der Waals surface area contributed by atoms with Gasteiger partial charge >= 0.3 is 0 Å². The van der Waals surface area contributed by atoms with Crippen molar-refractivity contribution < 1.29 is 10.2 Å². The van der Waals surface area contributed by atoms with Crippen LogP contribution in [-0.4, -0.2) is 66.2 Å². The zero-order valence-corrected chi connectivity index (χ0v) is 14.6. The lowest BCUT2D eigenvalue weighted by Crippen LogP contribution is -2.46. The molecule has 136 valence electrons. The number of imidazole rings is 1. The van der Waals surface area contributed by atoms with Crippen LogP contribution >= 0.6 is 0 Å². The fourth-order valence-electron chi connectivity index (χ4n) is 3.33. The number of nitrogens with one attached hydrogen (secondary N) is 1. The van der Waals surface area contributed by atoms with Crippen molar-refractivity contribution in [3.63, 3.8) is 0 Å². The fourth-order valence-corrected chi connectivity index (χ4v) is 3.33. The smallest absolute Gasteiger partial charge is 0.182 e. The molecule has 0 aromatic carbocycles. The molecular formula is C17H21N7O2. The maximum atomic E-state index is 10.3. The zero-order valence-electron chi connectivity index (χ0n) is 14.6. The third-order valence-electron chi connectivity index (χ3n) is 4.86. The number of hydrogen-bond acceptors (Lipinski definition) is 8. The van der Waals surface area contributed by atoms with Gasteiger partial charge in [-0.1, -0.05) is 0 Å². The lowest BCUT2D eigenvalue weighted by Gasteiger charge is -2.35. The number of piperazine rings is 1. The van der Waals surface area contributed by atoms with Gasteiger partial charge in [0.15, 0.2) is 11.5 Å². The van der Waals surface area contributed by atoms with Gasteiger partial charge in [0.05, 0.1) is 18.6 Å². The van der Waals surface area contributed by atoms with E-state index in [1.54, 1.807) is 19.4 Å². The summed E-state index contributed by atoms with van der Waals surface area (Å²) in [5.74, 6) is 1.04. The number of aromatic nitrogens is 5. The number of aromatic amines is 1. The van der Waals surface area contributed by atoms with Gasteiger partial charge in [-0.05, 0) is 6.92 Å². The average molecular weight is 355 g/mol. The average Bonchev–Trinajstić information content (AvgIpc) is 3.15. The summed E-state index contributed by atoms with van der Waals surface area (Å²) in [5, 5.41) is 19.9. The summed E-state index contributed by atoms with van der Waals surface area (Å²) >= 11 is 0. The maximum absolute atomic E-state index is 10.3. The summed E-state index contributed by atoms with van der Waals surface area (Å²) in [5.41, 5.74) is 3.53. The van der Waals surface area contributed by atoms with Gasteiger partial charge in [0.1, 0.15) is 17.6 Å². The number of nitrogens with zero attached hydrogens (tertiary/aromatic N) is 6. The van der Waals surface area contributed by atoms with E-state index < -0.39 is 0 Å². The number of aliphatic hydroxyl groups is 1. The van der Waals surface area contributed by atoms with E-state index in [1.165, 1.54) is 6.33 Å². The molecule has 4 rings (SSSR count). The van der Waals surface area contributed by atoms with E-state index in [0.29, 0.717) is 23.4 Å². The number of anilines is 1. The van der Waals surface area contributed by atoms with Gasteiger partial charge in [-0.3, -0.25) is 9.88 Å². The van der Waals surface area contributed by atoms with Crippen molar-refractivity contribution in [3.8, 4) is 5.75 Å². The molecule has 1 saturated heterocycles. The first kappa shape index (κ1) is 16.7. The van der Waals surface area contributed by atoms with Gasteiger partial charge in [-0.15, -0.1) is 0 Å². The highest BCUT2D eigenvalue weighted by Crippen LogP contribution is 2.27. The number of rotatable bonds is 4. The Kier molecular flexibility index (Phi) is 4.39. The van der Waals surface area contributed by atoms with Crippen LogP contribution in [0, 0.1) is 6.92 Å². The largest absolute Gasteiger partial charge is 0.506 e. The molecule has 0 aliphatic carbocycles. The Labute approximate surface area is 150 Å². The van der Waals surface area contributed by atoms with Crippen LogP contribution in [0.1, 0.15) is 16.8 Å². The summed E-state index contributed by atoms with van der Waals surface area (Å²) in [6.45, 7) is 5.49. The summed E-state index contributed by atoms with van der Waals surface area (Å²) in [4.78, 5) is 24.4. The van der Waals surface area contributed by atoms with E-state index in [4.69, 9.17) is 0 Å². The molecule has 0 unspecified atom stereocenters. The van der Waals surface area contributed by atoms with Crippen molar-refractivity contribution in [2.24, 2.45) is 0 Å². The number of H-pyrrole nitrogens is 1. The topological polar surface area (TPSA) is 114 Å². The molecule has 1 aliphatic rings. The Morgan fingerprint density at radius 3 is 2.69 bits per heavy atom. The predicted octanol–water partition coefficient (Wildman–Crippen LogP) is 0.576. The van der Waals surface area contributed by atoms with Crippen molar-refractivity contribution in [1.29, 1.82) is 0 Å². The Balaban J connectivity index is 1.48. The zero-order chi connectivity index (χ0) is 18.1.